The van der Waals surface area contributed by atoms with Crippen LogP contribution in [0.1, 0.15) is 48.0 Å². The molecule has 0 unspecified atom stereocenters. The van der Waals surface area contributed by atoms with Gasteiger partial charge >= 0.3 is 0 Å². The number of benzene rings is 2. The van der Waals surface area contributed by atoms with Crippen LogP contribution >= 0.6 is 0 Å². The molecule has 2 aromatic carbocycles. The first-order valence-electron chi connectivity index (χ1n) is 12.7. The van der Waals surface area contributed by atoms with Crippen molar-refractivity contribution in [3.05, 3.63) is 87.5 Å². The lowest BCUT2D eigenvalue weighted by atomic mass is 9.87. The maximum Gasteiger partial charge on any atom is 0.254 e. The van der Waals surface area contributed by atoms with E-state index in [0.29, 0.717) is 62.2 Å². The monoisotopic (exact) mass is 520 g/mol. The van der Waals surface area contributed by atoms with Gasteiger partial charge in [0.25, 0.3) is 5.91 Å². The molecule has 1 fully saturated rings. The Morgan fingerprint density at radius 2 is 1.55 bits per heavy atom. The summed E-state index contributed by atoms with van der Waals surface area (Å²) in [6.07, 6.45) is 1.39. The molecule has 3 aromatic rings. The Balaban J connectivity index is 1.29. The predicted octanol–water partition coefficient (Wildman–Crippen LogP) is 4.49. The van der Waals surface area contributed by atoms with E-state index >= 15 is 0 Å². The molecular formula is C30H36N2O6. The summed E-state index contributed by atoms with van der Waals surface area (Å²) in [6, 6.07) is 14.9. The molecule has 1 aliphatic heterocycles. The molecule has 38 heavy (non-hydrogen) atoms. The molecule has 0 atom stereocenters. The third-order valence-corrected chi connectivity index (χ3v) is 6.70. The molecule has 1 amide bonds. The van der Waals surface area contributed by atoms with Gasteiger partial charge in [-0.1, -0.05) is 45.0 Å². The van der Waals surface area contributed by atoms with E-state index in [2.05, 4.69) is 37.8 Å². The lowest BCUT2D eigenvalue weighted by Crippen LogP contribution is -2.48. The normalized spacial score (nSPS) is 14.3. The SMILES string of the molecule is COc1cc(OC)cc(C(=O)N2CCN(Cc3cc(=O)c(OCc4ccc(C(C)(C)C)cc4)co3)CC2)c1. The molecule has 8 nitrogen and oxygen atoms in total. The summed E-state index contributed by atoms with van der Waals surface area (Å²) in [5.74, 6) is 1.84. The molecule has 0 saturated carbocycles. The smallest absolute Gasteiger partial charge is 0.254 e. The molecule has 0 spiro atoms. The lowest BCUT2D eigenvalue weighted by Gasteiger charge is -2.34. The fourth-order valence-electron chi connectivity index (χ4n) is 4.33. The molecule has 0 N–H and O–H groups in total. The van der Waals surface area contributed by atoms with Crippen LogP contribution in [0, 0.1) is 0 Å². The van der Waals surface area contributed by atoms with Crippen molar-refractivity contribution in [2.24, 2.45) is 0 Å². The molecule has 1 saturated heterocycles. The first-order chi connectivity index (χ1) is 18.2. The summed E-state index contributed by atoms with van der Waals surface area (Å²) in [5.41, 5.74) is 2.64. The fraction of sp³-hybridized carbons (Fsp3) is 0.400. The van der Waals surface area contributed by atoms with Gasteiger partial charge < -0.3 is 23.5 Å². The zero-order chi connectivity index (χ0) is 27.3. The van der Waals surface area contributed by atoms with Crippen LogP contribution in [0.4, 0.5) is 0 Å². The minimum absolute atomic E-state index is 0.0667. The zero-order valence-corrected chi connectivity index (χ0v) is 22.8. The Hall–Kier alpha value is -3.78. The van der Waals surface area contributed by atoms with Gasteiger partial charge in [-0.05, 0) is 28.7 Å². The highest BCUT2D eigenvalue weighted by atomic mass is 16.5. The van der Waals surface area contributed by atoms with Crippen LogP contribution in [0.2, 0.25) is 0 Å². The second-order valence-corrected chi connectivity index (χ2v) is 10.5. The second-order valence-electron chi connectivity index (χ2n) is 10.5. The fourth-order valence-corrected chi connectivity index (χ4v) is 4.33. The highest BCUT2D eigenvalue weighted by Gasteiger charge is 2.24. The maximum absolute atomic E-state index is 13.0. The van der Waals surface area contributed by atoms with E-state index in [-0.39, 0.29) is 22.5 Å². The van der Waals surface area contributed by atoms with E-state index in [0.717, 1.165) is 5.56 Å². The van der Waals surface area contributed by atoms with Gasteiger partial charge in [0, 0.05) is 43.9 Å². The van der Waals surface area contributed by atoms with Crippen molar-refractivity contribution < 1.29 is 23.4 Å². The largest absolute Gasteiger partial charge is 0.497 e. The van der Waals surface area contributed by atoms with Crippen molar-refractivity contribution >= 4 is 5.91 Å². The summed E-state index contributed by atoms with van der Waals surface area (Å²) in [5, 5.41) is 0. The van der Waals surface area contributed by atoms with Crippen LogP contribution in [-0.2, 0) is 18.6 Å². The molecule has 1 aromatic heterocycles. The quantitative estimate of drug-likeness (QED) is 0.433. The molecule has 0 aliphatic carbocycles. The third kappa shape index (κ3) is 6.75. The van der Waals surface area contributed by atoms with Crippen LogP contribution in [-0.4, -0.2) is 56.1 Å². The summed E-state index contributed by atoms with van der Waals surface area (Å²) in [7, 11) is 3.12. The van der Waals surface area contributed by atoms with Gasteiger partial charge in [0.15, 0.2) is 0 Å². The summed E-state index contributed by atoms with van der Waals surface area (Å²) < 4.78 is 22.0. The van der Waals surface area contributed by atoms with Crippen molar-refractivity contribution in [1.82, 2.24) is 9.80 Å². The number of piperazine rings is 1. The van der Waals surface area contributed by atoms with Gasteiger partial charge in [0.1, 0.15) is 30.1 Å². The Bertz CT molecular complexity index is 1280. The van der Waals surface area contributed by atoms with Crippen molar-refractivity contribution in [1.29, 1.82) is 0 Å². The average Bonchev–Trinajstić information content (AvgIpc) is 2.92. The van der Waals surface area contributed by atoms with E-state index in [1.165, 1.54) is 17.9 Å². The lowest BCUT2D eigenvalue weighted by molar-refractivity contribution is 0.0618. The summed E-state index contributed by atoms with van der Waals surface area (Å²) in [6.45, 7) is 9.76. The summed E-state index contributed by atoms with van der Waals surface area (Å²) in [4.78, 5) is 29.6. The number of rotatable bonds is 8. The van der Waals surface area contributed by atoms with Crippen LogP contribution in [0.25, 0.3) is 0 Å². The standard InChI is InChI=1S/C30H36N2O6/c1-30(2,3)23-8-6-21(7-9-23)19-38-28-20-37-26(17-27(28)33)18-31-10-12-32(13-11-31)29(34)22-14-24(35-4)16-25(15-22)36-5/h6-9,14-17,20H,10-13,18-19H2,1-5H3. The molecule has 8 heteroatoms. The third-order valence-electron chi connectivity index (χ3n) is 6.70. The van der Waals surface area contributed by atoms with Crippen LogP contribution in [0.5, 0.6) is 17.2 Å². The predicted molar refractivity (Wildman–Crippen MR) is 145 cm³/mol. The zero-order valence-electron chi connectivity index (χ0n) is 22.8. The van der Waals surface area contributed by atoms with Gasteiger partial charge in [-0.15, -0.1) is 0 Å². The molecule has 4 rings (SSSR count). The molecule has 202 valence electrons. The van der Waals surface area contributed by atoms with Gasteiger partial charge in [-0.25, -0.2) is 0 Å². The molecule has 2 heterocycles. The van der Waals surface area contributed by atoms with Crippen molar-refractivity contribution in [3.8, 4) is 17.2 Å². The van der Waals surface area contributed by atoms with E-state index < -0.39 is 0 Å². The molecule has 1 aliphatic rings. The topological polar surface area (TPSA) is 81.5 Å². The Morgan fingerprint density at radius 1 is 0.921 bits per heavy atom. The number of ether oxygens (including phenoxy) is 3. The van der Waals surface area contributed by atoms with Gasteiger partial charge in [0.2, 0.25) is 11.2 Å². The number of methoxy groups -OCH3 is 2. The maximum atomic E-state index is 13.0. The second kappa shape index (κ2) is 11.7. The number of hydrogen-bond acceptors (Lipinski definition) is 7. The van der Waals surface area contributed by atoms with Crippen LogP contribution < -0.4 is 19.6 Å². The van der Waals surface area contributed by atoms with Crippen LogP contribution in [0.3, 0.4) is 0 Å². The van der Waals surface area contributed by atoms with Crippen LogP contribution in [0.15, 0.2) is 64.0 Å². The van der Waals surface area contributed by atoms with Crippen molar-refractivity contribution in [2.45, 2.75) is 39.3 Å². The minimum Gasteiger partial charge on any atom is -0.497 e. The number of carbonyl (C=O) groups is 1. The van der Waals surface area contributed by atoms with E-state index in [4.69, 9.17) is 18.6 Å². The number of hydrogen-bond donors (Lipinski definition) is 0. The first kappa shape index (κ1) is 27.3. The van der Waals surface area contributed by atoms with Gasteiger partial charge in [-0.2, -0.15) is 0 Å². The molecule has 0 radical (unpaired) electrons. The number of nitrogens with zero attached hydrogens (tertiary/aromatic N) is 2. The van der Waals surface area contributed by atoms with Gasteiger partial charge in [-0.3, -0.25) is 14.5 Å². The van der Waals surface area contributed by atoms with Crippen molar-refractivity contribution in [3.63, 3.8) is 0 Å². The number of carbonyl (C=O) groups excluding carboxylic acids is 1. The summed E-state index contributed by atoms with van der Waals surface area (Å²) >= 11 is 0. The Morgan fingerprint density at radius 3 is 2.11 bits per heavy atom. The number of amides is 1. The Kier molecular flexibility index (Phi) is 8.42. The average molecular weight is 521 g/mol. The Labute approximate surface area is 223 Å². The van der Waals surface area contributed by atoms with Crippen molar-refractivity contribution in [2.75, 3.05) is 40.4 Å². The van der Waals surface area contributed by atoms with E-state index in [1.807, 2.05) is 17.0 Å². The molecular weight excluding hydrogens is 484 g/mol. The highest BCUT2D eigenvalue weighted by Crippen LogP contribution is 2.24. The minimum atomic E-state index is -0.210. The highest BCUT2D eigenvalue weighted by molar-refractivity contribution is 5.95. The van der Waals surface area contributed by atoms with E-state index in [1.54, 1.807) is 32.4 Å². The van der Waals surface area contributed by atoms with E-state index in [9.17, 15) is 9.59 Å². The molecule has 0 bridgehead atoms. The first-order valence-corrected chi connectivity index (χ1v) is 12.7. The van der Waals surface area contributed by atoms with Gasteiger partial charge in [0.05, 0.1) is 20.8 Å².